The maximum atomic E-state index is 12.2. The molecule has 0 heterocycles. The van der Waals surface area contributed by atoms with Crippen LogP contribution in [0.3, 0.4) is 0 Å². The second-order valence-electron chi connectivity index (χ2n) is 5.60. The summed E-state index contributed by atoms with van der Waals surface area (Å²) in [5.74, 6) is -0.139. The zero-order valence-corrected chi connectivity index (χ0v) is 14.3. The van der Waals surface area contributed by atoms with Crippen molar-refractivity contribution >= 4 is 17.6 Å². The third-order valence-corrected chi connectivity index (χ3v) is 3.56. The van der Waals surface area contributed by atoms with Gasteiger partial charge in [0.25, 0.3) is 5.91 Å². The highest BCUT2D eigenvalue weighted by molar-refractivity contribution is 6.01. The zero-order valence-electron chi connectivity index (χ0n) is 14.3. The molecule has 2 aromatic rings. The molecule has 2 aromatic carbocycles. The number of hydrogen-bond acceptors (Lipinski definition) is 4. The monoisotopic (exact) mass is 327 g/mol. The highest BCUT2D eigenvalue weighted by atomic mass is 16.5. The van der Waals surface area contributed by atoms with E-state index in [2.05, 4.69) is 5.32 Å². The zero-order chi connectivity index (χ0) is 17.7. The van der Waals surface area contributed by atoms with Crippen LogP contribution in [0.25, 0.3) is 0 Å². The third-order valence-electron chi connectivity index (χ3n) is 3.56. The first kappa shape index (κ1) is 17.5. The van der Waals surface area contributed by atoms with Crippen molar-refractivity contribution in [3.8, 4) is 5.75 Å². The van der Waals surface area contributed by atoms with Crippen LogP contribution < -0.4 is 10.1 Å². The lowest BCUT2D eigenvalue weighted by atomic mass is 10.1. The maximum Gasteiger partial charge on any atom is 0.339 e. The number of nitrogens with one attached hydrogen (secondary N) is 1. The molecule has 24 heavy (non-hydrogen) atoms. The van der Waals surface area contributed by atoms with Crippen LogP contribution in [0.15, 0.2) is 36.4 Å². The van der Waals surface area contributed by atoms with Gasteiger partial charge in [-0.2, -0.15) is 0 Å². The molecule has 0 atom stereocenters. The van der Waals surface area contributed by atoms with Gasteiger partial charge in [-0.1, -0.05) is 29.8 Å². The van der Waals surface area contributed by atoms with Crippen molar-refractivity contribution in [2.45, 2.75) is 20.8 Å². The number of benzene rings is 2. The first-order chi connectivity index (χ1) is 11.4. The number of para-hydroxylation sites is 1. The van der Waals surface area contributed by atoms with Crippen molar-refractivity contribution in [1.29, 1.82) is 0 Å². The second-order valence-corrected chi connectivity index (χ2v) is 5.60. The minimum absolute atomic E-state index is 0.139. The van der Waals surface area contributed by atoms with Gasteiger partial charge in [0, 0.05) is 0 Å². The number of rotatable bonds is 5. The molecule has 5 nitrogen and oxygen atoms in total. The summed E-state index contributed by atoms with van der Waals surface area (Å²) < 4.78 is 10.4. The van der Waals surface area contributed by atoms with Crippen LogP contribution in [0.1, 0.15) is 27.0 Å². The number of ether oxygens (including phenoxy) is 2. The van der Waals surface area contributed by atoms with Gasteiger partial charge < -0.3 is 14.8 Å². The van der Waals surface area contributed by atoms with Crippen molar-refractivity contribution in [2.75, 3.05) is 19.0 Å². The van der Waals surface area contributed by atoms with Gasteiger partial charge in [0.15, 0.2) is 6.61 Å². The molecule has 0 aromatic heterocycles. The molecule has 0 aliphatic rings. The Labute approximate surface area is 141 Å². The molecule has 0 aliphatic heterocycles. The molecule has 1 N–H and O–H groups in total. The minimum atomic E-state index is -0.503. The van der Waals surface area contributed by atoms with Gasteiger partial charge in [0.1, 0.15) is 5.75 Å². The molecule has 5 heteroatoms. The second kappa shape index (κ2) is 7.64. The van der Waals surface area contributed by atoms with Gasteiger partial charge in [-0.15, -0.1) is 0 Å². The summed E-state index contributed by atoms with van der Waals surface area (Å²) in [5.41, 5.74) is 3.81. The van der Waals surface area contributed by atoms with Gasteiger partial charge in [-0.3, -0.25) is 4.79 Å². The lowest BCUT2D eigenvalue weighted by Crippen LogP contribution is -2.22. The van der Waals surface area contributed by atoms with E-state index in [4.69, 9.17) is 9.47 Å². The Kier molecular flexibility index (Phi) is 5.58. The fourth-order valence-electron chi connectivity index (χ4n) is 2.60. The van der Waals surface area contributed by atoms with E-state index in [1.165, 1.54) is 7.11 Å². The Morgan fingerprint density at radius 2 is 1.67 bits per heavy atom. The number of carbonyl (C=O) groups excluding carboxylic acids is 2. The predicted octanol–water partition coefficient (Wildman–Crippen LogP) is 3.42. The molecule has 1 amide bonds. The minimum Gasteiger partial charge on any atom is -0.483 e. The molecule has 2 rings (SSSR count). The molecule has 0 saturated heterocycles. The first-order valence-electron chi connectivity index (χ1n) is 7.60. The number of anilines is 1. The largest absolute Gasteiger partial charge is 0.483 e. The van der Waals surface area contributed by atoms with Gasteiger partial charge in [-0.25, -0.2) is 4.79 Å². The van der Waals surface area contributed by atoms with E-state index in [1.807, 2.05) is 32.9 Å². The van der Waals surface area contributed by atoms with Crippen LogP contribution in [-0.2, 0) is 9.53 Å². The smallest absolute Gasteiger partial charge is 0.339 e. The Bertz CT molecular complexity index is 745. The van der Waals surface area contributed by atoms with Crippen molar-refractivity contribution < 1.29 is 19.1 Å². The van der Waals surface area contributed by atoms with Crippen LogP contribution in [0.5, 0.6) is 5.75 Å². The Balaban J connectivity index is 2.06. The summed E-state index contributed by atoms with van der Waals surface area (Å²) in [6.45, 7) is 5.76. The molecule has 126 valence electrons. The number of amides is 1. The highest BCUT2D eigenvalue weighted by Gasteiger charge is 2.14. The lowest BCUT2D eigenvalue weighted by Gasteiger charge is -2.14. The Morgan fingerprint density at radius 3 is 2.29 bits per heavy atom. The van der Waals surface area contributed by atoms with E-state index >= 15 is 0 Å². The SMILES string of the molecule is COC(=O)c1ccccc1NC(=O)COc1c(C)cc(C)cc1C. The van der Waals surface area contributed by atoms with E-state index in [0.717, 1.165) is 16.7 Å². The average Bonchev–Trinajstić information content (AvgIpc) is 2.53. The van der Waals surface area contributed by atoms with Crippen molar-refractivity contribution in [3.05, 3.63) is 58.7 Å². The Hall–Kier alpha value is -2.82. The first-order valence-corrected chi connectivity index (χ1v) is 7.60. The number of carbonyl (C=O) groups is 2. The highest BCUT2D eigenvalue weighted by Crippen LogP contribution is 2.24. The van der Waals surface area contributed by atoms with Crippen molar-refractivity contribution in [3.63, 3.8) is 0 Å². The molecule has 0 radical (unpaired) electrons. The molecule has 0 saturated carbocycles. The van der Waals surface area contributed by atoms with Crippen molar-refractivity contribution in [1.82, 2.24) is 0 Å². The normalized spacial score (nSPS) is 10.2. The van der Waals surface area contributed by atoms with Gasteiger partial charge in [-0.05, 0) is 44.0 Å². The Morgan fingerprint density at radius 1 is 1.04 bits per heavy atom. The van der Waals surface area contributed by atoms with Gasteiger partial charge in [0.2, 0.25) is 0 Å². The van der Waals surface area contributed by atoms with Gasteiger partial charge >= 0.3 is 5.97 Å². The van der Waals surface area contributed by atoms with Crippen LogP contribution in [0.2, 0.25) is 0 Å². The maximum absolute atomic E-state index is 12.2. The van der Waals surface area contributed by atoms with E-state index in [-0.39, 0.29) is 12.5 Å². The number of hydrogen-bond donors (Lipinski definition) is 1. The number of methoxy groups -OCH3 is 1. The topological polar surface area (TPSA) is 64.6 Å². The molecular formula is C19H21NO4. The fraction of sp³-hybridized carbons (Fsp3) is 0.263. The van der Waals surface area contributed by atoms with E-state index < -0.39 is 5.97 Å². The summed E-state index contributed by atoms with van der Waals surface area (Å²) in [7, 11) is 1.30. The standard InChI is InChI=1S/C19H21NO4/c1-12-9-13(2)18(14(3)10-12)24-11-17(21)20-16-8-6-5-7-15(16)19(22)23-4/h5-10H,11H2,1-4H3,(H,20,21). The van der Waals surface area contributed by atoms with Crippen LogP contribution in [-0.4, -0.2) is 25.6 Å². The number of esters is 1. The summed E-state index contributed by atoms with van der Waals surface area (Å²) in [6, 6.07) is 10.7. The van der Waals surface area contributed by atoms with Crippen LogP contribution >= 0.6 is 0 Å². The van der Waals surface area contributed by atoms with E-state index in [1.54, 1.807) is 24.3 Å². The fourth-order valence-corrected chi connectivity index (χ4v) is 2.60. The van der Waals surface area contributed by atoms with Crippen LogP contribution in [0.4, 0.5) is 5.69 Å². The number of aryl methyl sites for hydroxylation is 3. The van der Waals surface area contributed by atoms with Gasteiger partial charge in [0.05, 0.1) is 18.4 Å². The third kappa shape index (κ3) is 4.13. The van der Waals surface area contributed by atoms with Crippen LogP contribution in [0, 0.1) is 20.8 Å². The van der Waals surface area contributed by atoms with E-state index in [0.29, 0.717) is 17.0 Å². The molecular weight excluding hydrogens is 306 g/mol. The molecule has 0 bridgehead atoms. The van der Waals surface area contributed by atoms with Crippen molar-refractivity contribution in [2.24, 2.45) is 0 Å². The summed E-state index contributed by atoms with van der Waals surface area (Å²) >= 11 is 0. The lowest BCUT2D eigenvalue weighted by molar-refractivity contribution is -0.118. The molecule has 0 fully saturated rings. The quantitative estimate of drug-likeness (QED) is 0.855. The summed E-state index contributed by atoms with van der Waals surface area (Å²) in [5, 5.41) is 2.68. The summed E-state index contributed by atoms with van der Waals surface area (Å²) in [4.78, 5) is 23.9. The molecule has 0 spiro atoms. The molecule has 0 unspecified atom stereocenters. The van der Waals surface area contributed by atoms with E-state index in [9.17, 15) is 9.59 Å². The predicted molar refractivity (Wildman–Crippen MR) is 92.6 cm³/mol. The summed E-state index contributed by atoms with van der Waals surface area (Å²) in [6.07, 6.45) is 0. The average molecular weight is 327 g/mol. The molecule has 0 aliphatic carbocycles.